The fourth-order valence-electron chi connectivity index (χ4n) is 3.04. The van der Waals surface area contributed by atoms with Crippen LogP contribution in [0.15, 0.2) is 59.8 Å². The van der Waals surface area contributed by atoms with Gasteiger partial charge in [-0.05, 0) is 12.1 Å². The molecular formula is C18H18N6O2. The average Bonchev–Trinajstić information content (AvgIpc) is 3.10. The summed E-state index contributed by atoms with van der Waals surface area (Å²) >= 11 is 0. The third kappa shape index (κ3) is 3.08. The van der Waals surface area contributed by atoms with Crippen LogP contribution in [-0.2, 0) is 0 Å². The van der Waals surface area contributed by atoms with Crippen LogP contribution in [-0.4, -0.2) is 56.7 Å². The Labute approximate surface area is 149 Å². The van der Waals surface area contributed by atoms with Gasteiger partial charge in [-0.15, -0.1) is 0 Å². The van der Waals surface area contributed by atoms with Gasteiger partial charge in [0.15, 0.2) is 0 Å². The van der Waals surface area contributed by atoms with Gasteiger partial charge in [-0.1, -0.05) is 18.2 Å². The molecule has 0 unspecified atom stereocenters. The maximum absolute atomic E-state index is 12.7. The summed E-state index contributed by atoms with van der Waals surface area (Å²) in [6.07, 6.45) is 5.01. The molecule has 1 amide bonds. The second-order valence-corrected chi connectivity index (χ2v) is 6.02. The summed E-state index contributed by atoms with van der Waals surface area (Å²) in [6.45, 7) is 2.48. The first-order valence-corrected chi connectivity index (χ1v) is 8.40. The highest BCUT2D eigenvalue weighted by molar-refractivity contribution is 5.92. The second-order valence-electron chi connectivity index (χ2n) is 6.02. The molecule has 1 aliphatic heterocycles. The Kier molecular flexibility index (Phi) is 4.22. The van der Waals surface area contributed by atoms with Crippen molar-refractivity contribution in [2.75, 3.05) is 31.1 Å². The highest BCUT2D eigenvalue weighted by atomic mass is 16.2. The molecular weight excluding hydrogens is 332 g/mol. The van der Waals surface area contributed by atoms with E-state index in [2.05, 4.69) is 20.0 Å². The maximum atomic E-state index is 12.7. The predicted octanol–water partition coefficient (Wildman–Crippen LogP) is 0.918. The lowest BCUT2D eigenvalue weighted by Gasteiger charge is -2.34. The van der Waals surface area contributed by atoms with Gasteiger partial charge < -0.3 is 9.80 Å². The third-order valence-corrected chi connectivity index (χ3v) is 4.41. The predicted molar refractivity (Wildman–Crippen MR) is 96.5 cm³/mol. The largest absolute Gasteiger partial charge is 0.352 e. The molecule has 0 atom stereocenters. The zero-order valence-corrected chi connectivity index (χ0v) is 14.1. The normalized spacial score (nSPS) is 14.5. The molecule has 1 aliphatic rings. The van der Waals surface area contributed by atoms with Crippen LogP contribution < -0.4 is 10.5 Å². The molecule has 26 heavy (non-hydrogen) atoms. The van der Waals surface area contributed by atoms with Crippen molar-refractivity contribution < 1.29 is 4.79 Å². The molecule has 0 bridgehead atoms. The SMILES string of the molecule is O=C(c1cc(=O)n(-c2ccccc2)[nH]1)N1CCN(c2cnccn2)CC1. The summed E-state index contributed by atoms with van der Waals surface area (Å²) < 4.78 is 1.38. The first-order valence-electron chi connectivity index (χ1n) is 8.40. The molecule has 4 rings (SSSR count). The summed E-state index contributed by atoms with van der Waals surface area (Å²) in [6, 6.07) is 10.5. The van der Waals surface area contributed by atoms with Crippen LogP contribution in [0.4, 0.5) is 5.82 Å². The Morgan fingerprint density at radius 1 is 1.04 bits per heavy atom. The maximum Gasteiger partial charge on any atom is 0.272 e. The Morgan fingerprint density at radius 3 is 2.50 bits per heavy atom. The number of para-hydroxylation sites is 1. The lowest BCUT2D eigenvalue weighted by molar-refractivity contribution is 0.0740. The molecule has 1 N–H and O–H groups in total. The van der Waals surface area contributed by atoms with Crippen molar-refractivity contribution in [2.24, 2.45) is 0 Å². The van der Waals surface area contributed by atoms with E-state index in [0.29, 0.717) is 37.6 Å². The van der Waals surface area contributed by atoms with Crippen molar-refractivity contribution >= 4 is 11.7 Å². The number of carbonyl (C=O) groups excluding carboxylic acids is 1. The summed E-state index contributed by atoms with van der Waals surface area (Å²) in [7, 11) is 0. The van der Waals surface area contributed by atoms with Gasteiger partial charge in [0.25, 0.3) is 11.5 Å². The molecule has 8 nitrogen and oxygen atoms in total. The smallest absolute Gasteiger partial charge is 0.272 e. The number of amides is 1. The third-order valence-electron chi connectivity index (χ3n) is 4.41. The molecule has 3 aromatic rings. The number of anilines is 1. The van der Waals surface area contributed by atoms with Crippen molar-refractivity contribution in [1.29, 1.82) is 0 Å². The van der Waals surface area contributed by atoms with Gasteiger partial charge in [0.1, 0.15) is 11.5 Å². The number of nitrogens with one attached hydrogen (secondary N) is 1. The highest BCUT2D eigenvalue weighted by Gasteiger charge is 2.24. The number of H-pyrrole nitrogens is 1. The van der Waals surface area contributed by atoms with E-state index in [1.807, 2.05) is 30.3 Å². The molecule has 0 spiro atoms. The molecule has 0 saturated carbocycles. The fraction of sp³-hybridized carbons (Fsp3) is 0.222. The van der Waals surface area contributed by atoms with Gasteiger partial charge in [-0.2, -0.15) is 0 Å². The minimum Gasteiger partial charge on any atom is -0.352 e. The second kappa shape index (κ2) is 6.83. The van der Waals surface area contributed by atoms with Gasteiger partial charge >= 0.3 is 0 Å². The van der Waals surface area contributed by atoms with Crippen LogP contribution >= 0.6 is 0 Å². The molecule has 0 radical (unpaired) electrons. The molecule has 8 heteroatoms. The lowest BCUT2D eigenvalue weighted by atomic mass is 10.3. The highest BCUT2D eigenvalue weighted by Crippen LogP contribution is 2.13. The summed E-state index contributed by atoms with van der Waals surface area (Å²) in [5, 5.41) is 2.91. The van der Waals surface area contributed by atoms with Crippen LogP contribution in [0.5, 0.6) is 0 Å². The fourth-order valence-corrected chi connectivity index (χ4v) is 3.04. The van der Waals surface area contributed by atoms with E-state index in [9.17, 15) is 9.59 Å². The molecule has 2 aromatic heterocycles. The van der Waals surface area contributed by atoms with E-state index in [1.165, 1.54) is 10.7 Å². The van der Waals surface area contributed by atoms with E-state index >= 15 is 0 Å². The molecule has 132 valence electrons. The first kappa shape index (κ1) is 16.1. The molecule has 1 aromatic carbocycles. The average molecular weight is 350 g/mol. The molecule has 3 heterocycles. The van der Waals surface area contributed by atoms with Gasteiger partial charge in [0.2, 0.25) is 0 Å². The number of piperazine rings is 1. The number of aromatic amines is 1. The van der Waals surface area contributed by atoms with Crippen LogP contribution in [0.1, 0.15) is 10.5 Å². The standard InChI is InChI=1S/C18H18N6O2/c25-17-12-15(21-24(17)14-4-2-1-3-5-14)18(26)23-10-8-22(9-11-23)16-13-19-6-7-20-16/h1-7,12-13,21H,8-11H2. The zero-order chi connectivity index (χ0) is 17.9. The van der Waals surface area contributed by atoms with E-state index in [-0.39, 0.29) is 11.5 Å². The molecule has 1 saturated heterocycles. The topological polar surface area (TPSA) is 87.1 Å². The number of benzene rings is 1. The van der Waals surface area contributed by atoms with Gasteiger partial charge in [0, 0.05) is 44.6 Å². The minimum absolute atomic E-state index is 0.171. The summed E-state index contributed by atoms with van der Waals surface area (Å²) in [5.41, 5.74) is 0.744. The number of aromatic nitrogens is 4. The first-order chi connectivity index (χ1) is 12.7. The lowest BCUT2D eigenvalue weighted by Crippen LogP contribution is -2.49. The zero-order valence-electron chi connectivity index (χ0n) is 14.1. The van der Waals surface area contributed by atoms with E-state index in [4.69, 9.17) is 0 Å². The quantitative estimate of drug-likeness (QED) is 0.759. The number of nitrogens with zero attached hydrogens (tertiary/aromatic N) is 5. The Balaban J connectivity index is 1.47. The number of hydrogen-bond acceptors (Lipinski definition) is 5. The summed E-state index contributed by atoms with van der Waals surface area (Å²) in [4.78, 5) is 37.1. The van der Waals surface area contributed by atoms with Crippen LogP contribution in [0.2, 0.25) is 0 Å². The summed E-state index contributed by atoms with van der Waals surface area (Å²) in [5.74, 6) is 0.638. The van der Waals surface area contributed by atoms with Crippen molar-refractivity contribution in [1.82, 2.24) is 24.6 Å². The number of rotatable bonds is 3. The number of carbonyl (C=O) groups is 1. The molecule has 1 fully saturated rings. The van der Waals surface area contributed by atoms with Crippen molar-refractivity contribution in [3.8, 4) is 5.69 Å². The Hall–Kier alpha value is -3.42. The van der Waals surface area contributed by atoms with E-state index < -0.39 is 0 Å². The van der Waals surface area contributed by atoms with Gasteiger partial charge in [-0.3, -0.25) is 19.7 Å². The number of hydrogen-bond donors (Lipinski definition) is 1. The van der Waals surface area contributed by atoms with E-state index in [0.717, 1.165) is 5.82 Å². The van der Waals surface area contributed by atoms with Crippen LogP contribution in [0.25, 0.3) is 5.69 Å². The monoisotopic (exact) mass is 350 g/mol. The van der Waals surface area contributed by atoms with Crippen LogP contribution in [0.3, 0.4) is 0 Å². The Bertz CT molecular complexity index is 943. The molecule has 0 aliphatic carbocycles. The van der Waals surface area contributed by atoms with Crippen molar-refractivity contribution in [3.63, 3.8) is 0 Å². The van der Waals surface area contributed by atoms with E-state index in [1.54, 1.807) is 23.5 Å². The van der Waals surface area contributed by atoms with Crippen molar-refractivity contribution in [3.05, 3.63) is 71.0 Å². The van der Waals surface area contributed by atoms with Gasteiger partial charge in [0.05, 0.1) is 11.9 Å². The van der Waals surface area contributed by atoms with Crippen LogP contribution in [0, 0.1) is 0 Å². The minimum atomic E-state index is -0.252. The Morgan fingerprint density at radius 2 is 1.81 bits per heavy atom. The van der Waals surface area contributed by atoms with Gasteiger partial charge in [-0.25, -0.2) is 9.67 Å². The van der Waals surface area contributed by atoms with Crippen molar-refractivity contribution in [2.45, 2.75) is 0 Å².